The molecule has 1 saturated heterocycles. The molecule has 0 radical (unpaired) electrons. The van der Waals surface area contributed by atoms with Gasteiger partial charge in [0.05, 0.1) is 25.1 Å². The highest BCUT2D eigenvalue weighted by Gasteiger charge is 2.36. The molecule has 3 heterocycles. The molecule has 1 N–H and O–H groups in total. The largest absolute Gasteiger partial charge is 0.467 e. The van der Waals surface area contributed by atoms with Crippen molar-refractivity contribution in [2.24, 2.45) is 5.10 Å². The predicted molar refractivity (Wildman–Crippen MR) is 95.4 cm³/mol. The van der Waals surface area contributed by atoms with E-state index in [2.05, 4.69) is 31.2 Å². The summed E-state index contributed by atoms with van der Waals surface area (Å²) in [5, 5.41) is 6.35. The molecule has 4 rings (SSSR count). The third-order valence-corrected chi connectivity index (χ3v) is 5.13. The summed E-state index contributed by atoms with van der Waals surface area (Å²) in [7, 11) is 0. The van der Waals surface area contributed by atoms with Crippen LogP contribution >= 0.6 is 0 Å². The zero-order chi connectivity index (χ0) is 17.2. The Kier molecular flexibility index (Phi) is 4.40. The van der Waals surface area contributed by atoms with Crippen molar-refractivity contribution in [2.75, 3.05) is 19.6 Å². The van der Waals surface area contributed by atoms with Crippen LogP contribution in [0.4, 0.5) is 0 Å². The molecule has 2 aliphatic heterocycles. The average Bonchev–Trinajstić information content (AvgIpc) is 3.36. The number of carbonyl (C=O) groups excluding carboxylic acids is 1. The summed E-state index contributed by atoms with van der Waals surface area (Å²) in [6.07, 6.45) is 4.77. The van der Waals surface area contributed by atoms with Gasteiger partial charge < -0.3 is 9.32 Å². The summed E-state index contributed by atoms with van der Waals surface area (Å²) < 4.78 is 5.60. The third kappa shape index (κ3) is 3.37. The number of rotatable bonds is 4. The molecule has 1 atom stereocenters. The van der Waals surface area contributed by atoms with Gasteiger partial charge in [-0.1, -0.05) is 29.8 Å². The van der Waals surface area contributed by atoms with Crippen LogP contribution in [0, 0.1) is 6.92 Å². The predicted octanol–water partition coefficient (Wildman–Crippen LogP) is 1.94. The molecule has 5 nitrogen and oxygen atoms in total. The molecule has 1 fully saturated rings. The molecule has 25 heavy (non-hydrogen) atoms. The molecule has 2 aromatic rings. The van der Waals surface area contributed by atoms with E-state index in [9.17, 15) is 4.79 Å². The number of amides is 1. The summed E-state index contributed by atoms with van der Waals surface area (Å²) in [5.74, 6) is 0.885. The average molecular weight is 338 g/mol. The Morgan fingerprint density at radius 3 is 2.68 bits per heavy atom. The number of nitrogens with one attached hydrogen (secondary N) is 1. The van der Waals surface area contributed by atoms with Gasteiger partial charge in [-0.15, -0.1) is 0 Å². The number of carbonyl (C=O) groups is 1. The minimum atomic E-state index is -0.138. The van der Waals surface area contributed by atoms with Crippen LogP contribution in [0.1, 0.15) is 42.2 Å². The standard InChI is InChI=1S/C20H23N3O2/c1-15-6-8-16(9-7-15)17-13-18(19-5-4-12-25-19)23(21-17)20(24)14-22-10-2-3-11-22/h4-9,12,18H,2-3,10-11,13-14H2,1H3/p+1/t18-/m0/s1. The fourth-order valence-electron chi connectivity index (χ4n) is 3.71. The monoisotopic (exact) mass is 338 g/mol. The fourth-order valence-corrected chi connectivity index (χ4v) is 3.71. The maximum absolute atomic E-state index is 12.9. The van der Waals surface area contributed by atoms with E-state index in [1.807, 2.05) is 12.1 Å². The number of nitrogens with zero attached hydrogens (tertiary/aromatic N) is 2. The summed E-state index contributed by atoms with van der Waals surface area (Å²) in [6, 6.07) is 12.0. The van der Waals surface area contributed by atoms with Gasteiger partial charge in [-0.05, 0) is 24.6 Å². The Hall–Kier alpha value is -2.40. The van der Waals surface area contributed by atoms with Crippen molar-refractivity contribution in [1.82, 2.24) is 5.01 Å². The molecule has 0 aliphatic carbocycles. The Balaban J connectivity index is 1.59. The summed E-state index contributed by atoms with van der Waals surface area (Å²) in [5.41, 5.74) is 3.24. The number of aryl methyl sites for hydroxylation is 1. The topological polar surface area (TPSA) is 50.2 Å². The van der Waals surface area contributed by atoms with Crippen molar-refractivity contribution in [3.8, 4) is 0 Å². The summed E-state index contributed by atoms with van der Waals surface area (Å²) >= 11 is 0. The first-order chi connectivity index (χ1) is 12.2. The lowest BCUT2D eigenvalue weighted by Crippen LogP contribution is -3.11. The molecule has 1 aromatic carbocycles. The Bertz CT molecular complexity index is 759. The van der Waals surface area contributed by atoms with Crippen molar-refractivity contribution >= 4 is 11.6 Å². The van der Waals surface area contributed by atoms with Gasteiger partial charge in [0.25, 0.3) is 5.91 Å². The van der Waals surface area contributed by atoms with Crippen molar-refractivity contribution in [3.63, 3.8) is 0 Å². The first kappa shape index (κ1) is 16.1. The lowest BCUT2D eigenvalue weighted by molar-refractivity contribution is -0.879. The zero-order valence-electron chi connectivity index (χ0n) is 14.6. The minimum absolute atomic E-state index is 0.0837. The van der Waals surface area contributed by atoms with Gasteiger partial charge in [-0.2, -0.15) is 5.10 Å². The molecular formula is C20H24N3O2+. The van der Waals surface area contributed by atoms with Gasteiger partial charge in [0, 0.05) is 19.3 Å². The van der Waals surface area contributed by atoms with E-state index in [-0.39, 0.29) is 11.9 Å². The molecule has 0 spiro atoms. The lowest BCUT2D eigenvalue weighted by Gasteiger charge is -2.21. The highest BCUT2D eigenvalue weighted by atomic mass is 16.3. The van der Waals surface area contributed by atoms with Crippen molar-refractivity contribution < 1.29 is 14.1 Å². The maximum atomic E-state index is 12.9. The number of quaternary nitrogens is 1. The van der Waals surface area contributed by atoms with E-state index < -0.39 is 0 Å². The quantitative estimate of drug-likeness (QED) is 0.926. The minimum Gasteiger partial charge on any atom is -0.467 e. The van der Waals surface area contributed by atoms with Crippen LogP contribution in [0.5, 0.6) is 0 Å². The second-order valence-electron chi connectivity index (χ2n) is 7.02. The molecule has 1 aromatic heterocycles. The van der Waals surface area contributed by atoms with Crippen molar-refractivity contribution in [1.29, 1.82) is 0 Å². The Labute approximate surface area is 147 Å². The molecule has 2 aliphatic rings. The molecule has 0 unspecified atom stereocenters. The zero-order valence-corrected chi connectivity index (χ0v) is 14.6. The number of benzene rings is 1. The van der Waals surface area contributed by atoms with Crippen LogP contribution in [0.15, 0.2) is 52.2 Å². The summed E-state index contributed by atoms with van der Waals surface area (Å²) in [6.45, 7) is 4.75. The molecule has 5 heteroatoms. The van der Waals surface area contributed by atoms with E-state index >= 15 is 0 Å². The SMILES string of the molecule is Cc1ccc(C2=NN(C(=O)C[NH+]3CCCC3)[C@H](c3ccco3)C2)cc1. The smallest absolute Gasteiger partial charge is 0.298 e. The van der Waals surface area contributed by atoms with Gasteiger partial charge >= 0.3 is 0 Å². The highest BCUT2D eigenvalue weighted by Crippen LogP contribution is 2.32. The van der Waals surface area contributed by atoms with Gasteiger partial charge in [-0.25, -0.2) is 5.01 Å². The van der Waals surface area contributed by atoms with E-state index in [1.165, 1.54) is 23.3 Å². The lowest BCUT2D eigenvalue weighted by atomic mass is 10.0. The van der Waals surface area contributed by atoms with Crippen molar-refractivity contribution in [3.05, 3.63) is 59.5 Å². The number of furan rings is 1. The van der Waals surface area contributed by atoms with Crippen LogP contribution in [0.25, 0.3) is 0 Å². The molecule has 130 valence electrons. The number of hydrogen-bond acceptors (Lipinski definition) is 3. The van der Waals surface area contributed by atoms with Crippen LogP contribution in [-0.4, -0.2) is 36.3 Å². The van der Waals surface area contributed by atoms with E-state index in [1.54, 1.807) is 11.3 Å². The van der Waals surface area contributed by atoms with Crippen molar-refractivity contribution in [2.45, 2.75) is 32.2 Å². The Morgan fingerprint density at radius 2 is 2.00 bits per heavy atom. The second-order valence-corrected chi connectivity index (χ2v) is 7.02. The van der Waals surface area contributed by atoms with Gasteiger partial charge in [0.15, 0.2) is 6.54 Å². The highest BCUT2D eigenvalue weighted by molar-refractivity contribution is 6.03. The van der Waals surface area contributed by atoms with Crippen LogP contribution in [-0.2, 0) is 4.79 Å². The first-order valence-electron chi connectivity index (χ1n) is 9.04. The maximum Gasteiger partial charge on any atom is 0.298 e. The number of likely N-dealkylation sites (tertiary alicyclic amines) is 1. The Morgan fingerprint density at radius 1 is 1.24 bits per heavy atom. The molecule has 0 saturated carbocycles. The normalized spacial score (nSPS) is 20.9. The van der Waals surface area contributed by atoms with Gasteiger partial charge in [-0.3, -0.25) is 4.79 Å². The van der Waals surface area contributed by atoms with E-state index in [4.69, 9.17) is 9.52 Å². The summed E-state index contributed by atoms with van der Waals surface area (Å²) in [4.78, 5) is 14.3. The first-order valence-corrected chi connectivity index (χ1v) is 9.04. The van der Waals surface area contributed by atoms with Crippen LogP contribution in [0.3, 0.4) is 0 Å². The van der Waals surface area contributed by atoms with E-state index in [0.29, 0.717) is 13.0 Å². The number of hydrazone groups is 1. The third-order valence-electron chi connectivity index (χ3n) is 5.13. The molecule has 0 bridgehead atoms. The fraction of sp³-hybridized carbons (Fsp3) is 0.400. The molecule has 1 amide bonds. The van der Waals surface area contributed by atoms with E-state index in [0.717, 1.165) is 30.1 Å². The van der Waals surface area contributed by atoms with Crippen LogP contribution in [0.2, 0.25) is 0 Å². The molecular weight excluding hydrogens is 314 g/mol. The number of hydrogen-bond donors (Lipinski definition) is 1. The second kappa shape index (κ2) is 6.84. The van der Waals surface area contributed by atoms with Crippen LogP contribution < -0.4 is 4.90 Å². The van der Waals surface area contributed by atoms with Gasteiger partial charge in [0.1, 0.15) is 11.8 Å². The van der Waals surface area contributed by atoms with Gasteiger partial charge in [0.2, 0.25) is 0 Å².